The minimum absolute atomic E-state index is 0.210. The SMILES string of the molecule is CN(C)S(=O)(=O)c1ccccc1Nc1cccc2cnc(Nc3ccc4c(c3)CC[C@@H](N3CCCC3)CC4)nc12. The van der Waals surface area contributed by atoms with Crippen molar-refractivity contribution in [2.24, 2.45) is 0 Å². The Morgan fingerprint density at radius 3 is 2.42 bits per heavy atom. The topological polar surface area (TPSA) is 90.5 Å². The molecule has 0 radical (unpaired) electrons. The van der Waals surface area contributed by atoms with Crippen molar-refractivity contribution >= 4 is 43.9 Å². The van der Waals surface area contributed by atoms with Gasteiger partial charge in [-0.15, -0.1) is 0 Å². The summed E-state index contributed by atoms with van der Waals surface area (Å²) in [4.78, 5) is 12.3. The highest BCUT2D eigenvalue weighted by atomic mass is 32.2. The third-order valence-electron chi connectivity index (χ3n) is 8.14. The Morgan fingerprint density at radius 1 is 0.875 bits per heavy atom. The fourth-order valence-corrected chi connectivity index (χ4v) is 6.96. The summed E-state index contributed by atoms with van der Waals surface area (Å²) in [6.07, 6.45) is 9.13. The molecule has 40 heavy (non-hydrogen) atoms. The normalized spacial score (nSPS) is 18.0. The molecule has 2 aliphatic rings. The molecule has 4 aromatic rings. The highest BCUT2D eigenvalue weighted by molar-refractivity contribution is 7.89. The Kier molecular flexibility index (Phi) is 7.44. The predicted molar refractivity (Wildman–Crippen MR) is 161 cm³/mol. The van der Waals surface area contributed by atoms with E-state index in [0.717, 1.165) is 23.9 Å². The van der Waals surface area contributed by atoms with Crippen LogP contribution in [0, 0.1) is 0 Å². The molecule has 1 aliphatic carbocycles. The summed E-state index contributed by atoms with van der Waals surface area (Å²) in [6, 6.07) is 20.0. The zero-order chi connectivity index (χ0) is 27.7. The van der Waals surface area contributed by atoms with E-state index in [9.17, 15) is 8.42 Å². The van der Waals surface area contributed by atoms with Crippen LogP contribution in [0.1, 0.15) is 36.8 Å². The van der Waals surface area contributed by atoms with E-state index in [1.54, 1.807) is 24.4 Å². The molecular weight excluding hydrogens is 520 g/mol. The Hall–Kier alpha value is -3.53. The fourth-order valence-electron chi connectivity index (χ4n) is 5.92. The summed E-state index contributed by atoms with van der Waals surface area (Å²) in [6.45, 7) is 2.50. The van der Waals surface area contributed by atoms with Crippen molar-refractivity contribution in [3.63, 3.8) is 0 Å². The molecule has 6 rings (SSSR count). The van der Waals surface area contributed by atoms with Gasteiger partial charge in [-0.1, -0.05) is 30.3 Å². The number of fused-ring (bicyclic) bond motifs is 2. The lowest BCUT2D eigenvalue weighted by atomic mass is 10.0. The number of nitrogens with zero attached hydrogens (tertiary/aromatic N) is 4. The molecule has 0 saturated carbocycles. The van der Waals surface area contributed by atoms with E-state index in [4.69, 9.17) is 4.98 Å². The van der Waals surface area contributed by atoms with E-state index in [0.29, 0.717) is 28.9 Å². The van der Waals surface area contributed by atoms with Crippen molar-refractivity contribution < 1.29 is 8.42 Å². The van der Waals surface area contributed by atoms with Crippen LogP contribution in [0.2, 0.25) is 0 Å². The van der Waals surface area contributed by atoms with Crippen LogP contribution < -0.4 is 10.6 Å². The number of anilines is 4. The van der Waals surface area contributed by atoms with Gasteiger partial charge in [0.2, 0.25) is 16.0 Å². The van der Waals surface area contributed by atoms with E-state index in [2.05, 4.69) is 38.7 Å². The quantitative estimate of drug-likeness (QED) is 0.282. The predicted octanol–water partition coefficient (Wildman–Crippen LogP) is 5.71. The molecule has 1 aromatic heterocycles. The van der Waals surface area contributed by atoms with Gasteiger partial charge in [-0.25, -0.2) is 22.7 Å². The Balaban J connectivity index is 1.25. The number of sulfonamides is 1. The van der Waals surface area contributed by atoms with Crippen LogP contribution in [0.5, 0.6) is 0 Å². The molecule has 2 heterocycles. The standard InChI is InChI=1S/C31H36N6O2S/c1-36(2)40(38,39)29-11-4-3-9-27(29)34-28-10-7-8-24-21-32-31(35-30(24)28)33-25-15-12-22-13-16-26(17-14-23(22)20-25)37-18-5-6-19-37/h3-4,7-12,15,20-21,26,34H,5-6,13-14,16-19H2,1-2H3,(H,32,33,35)/t26-/m0/s1. The number of hydrogen-bond acceptors (Lipinski definition) is 7. The van der Waals surface area contributed by atoms with Crippen molar-refractivity contribution in [3.8, 4) is 0 Å². The van der Waals surface area contributed by atoms with Crippen molar-refractivity contribution in [2.75, 3.05) is 37.8 Å². The Morgan fingerprint density at radius 2 is 1.62 bits per heavy atom. The Labute approximate surface area is 236 Å². The van der Waals surface area contributed by atoms with Gasteiger partial charge >= 0.3 is 0 Å². The maximum Gasteiger partial charge on any atom is 0.244 e. The molecule has 3 aromatic carbocycles. The maximum atomic E-state index is 12.9. The first-order valence-electron chi connectivity index (χ1n) is 14.1. The number of likely N-dealkylation sites (tertiary alicyclic amines) is 1. The third-order valence-corrected chi connectivity index (χ3v) is 10.0. The first-order chi connectivity index (χ1) is 19.4. The van der Waals surface area contributed by atoms with Crippen molar-refractivity contribution in [2.45, 2.75) is 49.5 Å². The van der Waals surface area contributed by atoms with E-state index in [-0.39, 0.29) is 4.90 Å². The molecule has 1 fully saturated rings. The molecule has 8 nitrogen and oxygen atoms in total. The number of aryl methyl sites for hydroxylation is 2. The molecule has 1 saturated heterocycles. The highest BCUT2D eigenvalue weighted by Crippen LogP contribution is 2.32. The third kappa shape index (κ3) is 5.41. The van der Waals surface area contributed by atoms with Crippen LogP contribution in [-0.4, -0.2) is 60.8 Å². The second kappa shape index (κ2) is 11.2. The van der Waals surface area contributed by atoms with Gasteiger partial charge in [0.15, 0.2) is 0 Å². The molecule has 1 atom stereocenters. The number of nitrogens with one attached hydrogen (secondary N) is 2. The number of aromatic nitrogens is 2. The molecular formula is C31H36N6O2S. The lowest BCUT2D eigenvalue weighted by Gasteiger charge is -2.25. The zero-order valence-corrected chi connectivity index (χ0v) is 23.9. The lowest BCUT2D eigenvalue weighted by molar-refractivity contribution is 0.222. The van der Waals surface area contributed by atoms with E-state index >= 15 is 0 Å². The van der Waals surface area contributed by atoms with Gasteiger partial charge in [0, 0.05) is 37.4 Å². The van der Waals surface area contributed by atoms with Gasteiger partial charge in [0.25, 0.3) is 0 Å². The van der Waals surface area contributed by atoms with E-state index in [1.807, 2.05) is 24.3 Å². The molecule has 0 unspecified atom stereocenters. The van der Waals surface area contributed by atoms with Gasteiger partial charge in [0.05, 0.1) is 16.9 Å². The smallest absolute Gasteiger partial charge is 0.244 e. The zero-order valence-electron chi connectivity index (χ0n) is 23.1. The monoisotopic (exact) mass is 556 g/mol. The Bertz CT molecular complexity index is 1630. The van der Waals surface area contributed by atoms with Crippen LogP contribution in [-0.2, 0) is 22.9 Å². The number of hydrogen-bond donors (Lipinski definition) is 2. The first kappa shape index (κ1) is 26.7. The van der Waals surface area contributed by atoms with Crippen LogP contribution >= 0.6 is 0 Å². The summed E-state index contributed by atoms with van der Waals surface area (Å²) in [5.74, 6) is 0.500. The van der Waals surface area contributed by atoms with Crippen LogP contribution in [0.3, 0.4) is 0 Å². The molecule has 9 heteroatoms. The molecule has 1 aliphatic heterocycles. The second-order valence-electron chi connectivity index (χ2n) is 10.9. The summed E-state index contributed by atoms with van der Waals surface area (Å²) >= 11 is 0. The minimum Gasteiger partial charge on any atom is -0.353 e. The summed E-state index contributed by atoms with van der Waals surface area (Å²) in [5.41, 5.74) is 5.75. The molecule has 0 amide bonds. The van der Waals surface area contributed by atoms with Crippen LogP contribution in [0.4, 0.5) is 23.0 Å². The maximum absolute atomic E-state index is 12.9. The van der Waals surface area contributed by atoms with Gasteiger partial charge < -0.3 is 15.5 Å². The highest BCUT2D eigenvalue weighted by Gasteiger charge is 2.25. The number of para-hydroxylation sites is 2. The van der Waals surface area contributed by atoms with Gasteiger partial charge in [-0.2, -0.15) is 0 Å². The molecule has 2 N–H and O–H groups in total. The van der Waals surface area contributed by atoms with Crippen LogP contribution in [0.25, 0.3) is 10.9 Å². The van der Waals surface area contributed by atoms with Crippen LogP contribution in [0.15, 0.2) is 71.8 Å². The fraction of sp³-hybridized carbons (Fsp3) is 0.355. The van der Waals surface area contributed by atoms with E-state index < -0.39 is 10.0 Å². The van der Waals surface area contributed by atoms with Crippen molar-refractivity contribution in [1.82, 2.24) is 19.2 Å². The first-order valence-corrected chi connectivity index (χ1v) is 15.5. The molecule has 0 bridgehead atoms. The number of benzene rings is 3. The summed E-state index contributed by atoms with van der Waals surface area (Å²) in [7, 11) is -0.563. The number of rotatable bonds is 7. The van der Waals surface area contributed by atoms with Gasteiger partial charge in [-0.05, 0) is 93.1 Å². The van der Waals surface area contributed by atoms with Gasteiger partial charge in [0.1, 0.15) is 4.90 Å². The van der Waals surface area contributed by atoms with Gasteiger partial charge in [-0.3, -0.25) is 0 Å². The van der Waals surface area contributed by atoms with Crippen molar-refractivity contribution in [3.05, 3.63) is 78.0 Å². The molecule has 208 valence electrons. The van der Waals surface area contributed by atoms with E-state index in [1.165, 1.54) is 68.3 Å². The average molecular weight is 557 g/mol. The minimum atomic E-state index is -3.63. The summed E-state index contributed by atoms with van der Waals surface area (Å²) < 4.78 is 27.1. The largest absolute Gasteiger partial charge is 0.353 e. The average Bonchev–Trinajstić information content (AvgIpc) is 3.41. The lowest BCUT2D eigenvalue weighted by Crippen LogP contribution is -2.32. The molecule has 0 spiro atoms. The summed E-state index contributed by atoms with van der Waals surface area (Å²) in [5, 5.41) is 7.59. The van der Waals surface area contributed by atoms with Crippen molar-refractivity contribution in [1.29, 1.82) is 0 Å². The second-order valence-corrected chi connectivity index (χ2v) is 13.0.